The van der Waals surface area contributed by atoms with E-state index in [-0.39, 0.29) is 0 Å². The Morgan fingerprint density at radius 3 is 2.80 bits per heavy atom. The molecular weight excluding hydrogens is 250 g/mol. The SMILES string of the molecule is CCN1CCN([C@@H](C)CNc2ncccc2C#N)CC1. The molecule has 1 aliphatic heterocycles. The minimum absolute atomic E-state index is 0.447. The van der Waals surface area contributed by atoms with E-state index in [0.29, 0.717) is 17.4 Å². The number of hydrogen-bond donors (Lipinski definition) is 1. The first-order valence-electron chi connectivity index (χ1n) is 7.30. The average Bonchev–Trinajstić information content (AvgIpc) is 2.53. The lowest BCUT2D eigenvalue weighted by atomic mass is 10.2. The molecule has 2 rings (SSSR count). The number of rotatable bonds is 5. The van der Waals surface area contributed by atoms with Gasteiger partial charge in [0.25, 0.3) is 0 Å². The van der Waals surface area contributed by atoms with E-state index in [4.69, 9.17) is 5.26 Å². The first kappa shape index (κ1) is 14.8. The zero-order chi connectivity index (χ0) is 14.4. The maximum Gasteiger partial charge on any atom is 0.143 e. The number of anilines is 1. The number of likely N-dealkylation sites (N-methyl/N-ethyl adjacent to an activating group) is 1. The molecule has 1 saturated heterocycles. The van der Waals surface area contributed by atoms with Crippen LogP contribution in [0.2, 0.25) is 0 Å². The summed E-state index contributed by atoms with van der Waals surface area (Å²) in [5, 5.41) is 12.3. The quantitative estimate of drug-likeness (QED) is 0.878. The van der Waals surface area contributed by atoms with E-state index < -0.39 is 0 Å². The van der Waals surface area contributed by atoms with Crippen molar-refractivity contribution in [3.8, 4) is 6.07 Å². The molecule has 1 aromatic rings. The van der Waals surface area contributed by atoms with Crippen LogP contribution in [0.25, 0.3) is 0 Å². The van der Waals surface area contributed by atoms with E-state index in [9.17, 15) is 0 Å². The molecule has 0 unspecified atom stereocenters. The number of hydrogen-bond acceptors (Lipinski definition) is 5. The van der Waals surface area contributed by atoms with Crippen LogP contribution in [-0.4, -0.2) is 60.1 Å². The van der Waals surface area contributed by atoms with E-state index in [1.165, 1.54) is 0 Å². The fourth-order valence-electron chi connectivity index (χ4n) is 2.53. The van der Waals surface area contributed by atoms with Crippen molar-refractivity contribution in [2.75, 3.05) is 44.6 Å². The van der Waals surface area contributed by atoms with E-state index in [2.05, 4.69) is 40.0 Å². The number of pyridine rings is 1. The minimum atomic E-state index is 0.447. The number of nitrogens with zero attached hydrogens (tertiary/aromatic N) is 4. The molecule has 0 aromatic carbocycles. The first-order valence-corrected chi connectivity index (χ1v) is 7.30. The molecule has 1 fully saturated rings. The van der Waals surface area contributed by atoms with Gasteiger partial charge in [-0.15, -0.1) is 0 Å². The minimum Gasteiger partial charge on any atom is -0.367 e. The zero-order valence-electron chi connectivity index (χ0n) is 12.3. The summed E-state index contributed by atoms with van der Waals surface area (Å²) in [6.07, 6.45) is 1.72. The molecule has 0 aliphatic carbocycles. The largest absolute Gasteiger partial charge is 0.367 e. The monoisotopic (exact) mass is 273 g/mol. The molecule has 5 nitrogen and oxygen atoms in total. The van der Waals surface area contributed by atoms with Crippen LogP contribution in [0.15, 0.2) is 18.3 Å². The molecule has 1 aromatic heterocycles. The Morgan fingerprint density at radius 2 is 2.15 bits per heavy atom. The fourth-order valence-corrected chi connectivity index (χ4v) is 2.53. The van der Waals surface area contributed by atoms with Crippen LogP contribution >= 0.6 is 0 Å². The highest BCUT2D eigenvalue weighted by atomic mass is 15.3. The van der Waals surface area contributed by atoms with Gasteiger partial charge in [-0.25, -0.2) is 4.98 Å². The summed E-state index contributed by atoms with van der Waals surface area (Å²) in [7, 11) is 0. The lowest BCUT2D eigenvalue weighted by Crippen LogP contribution is -2.51. The smallest absolute Gasteiger partial charge is 0.143 e. The van der Waals surface area contributed by atoms with E-state index >= 15 is 0 Å². The molecule has 108 valence electrons. The summed E-state index contributed by atoms with van der Waals surface area (Å²) >= 11 is 0. The van der Waals surface area contributed by atoms with Gasteiger partial charge in [0.2, 0.25) is 0 Å². The van der Waals surface area contributed by atoms with Gasteiger partial charge in [0, 0.05) is 45.0 Å². The van der Waals surface area contributed by atoms with Crippen molar-refractivity contribution in [2.24, 2.45) is 0 Å². The molecular formula is C15H23N5. The Morgan fingerprint density at radius 1 is 1.40 bits per heavy atom. The molecule has 0 amide bonds. The molecule has 1 atom stereocenters. The highest BCUT2D eigenvalue weighted by Crippen LogP contribution is 2.11. The van der Waals surface area contributed by atoms with Crippen molar-refractivity contribution in [2.45, 2.75) is 19.9 Å². The summed E-state index contributed by atoms with van der Waals surface area (Å²) in [5.41, 5.74) is 0.607. The number of nitriles is 1. The third kappa shape index (κ3) is 3.69. The van der Waals surface area contributed by atoms with Gasteiger partial charge in [0.15, 0.2) is 0 Å². The van der Waals surface area contributed by atoms with Crippen molar-refractivity contribution in [3.63, 3.8) is 0 Å². The normalized spacial score (nSPS) is 18.4. The number of aromatic nitrogens is 1. The second kappa shape index (κ2) is 7.22. The van der Waals surface area contributed by atoms with Crippen LogP contribution in [0.1, 0.15) is 19.4 Å². The molecule has 5 heteroatoms. The molecule has 0 spiro atoms. The van der Waals surface area contributed by atoms with Crippen LogP contribution in [-0.2, 0) is 0 Å². The van der Waals surface area contributed by atoms with Gasteiger partial charge in [-0.3, -0.25) is 4.90 Å². The summed E-state index contributed by atoms with van der Waals surface area (Å²) < 4.78 is 0. The van der Waals surface area contributed by atoms with Crippen LogP contribution < -0.4 is 5.32 Å². The maximum absolute atomic E-state index is 9.04. The molecule has 1 aliphatic rings. The van der Waals surface area contributed by atoms with Crippen LogP contribution in [0.3, 0.4) is 0 Å². The Hall–Kier alpha value is -1.64. The molecule has 0 bridgehead atoms. The second-order valence-corrected chi connectivity index (χ2v) is 5.21. The Labute approximate surface area is 121 Å². The van der Waals surface area contributed by atoms with Gasteiger partial charge in [0.05, 0.1) is 5.56 Å². The number of piperazine rings is 1. The predicted molar refractivity (Wildman–Crippen MR) is 80.6 cm³/mol. The van der Waals surface area contributed by atoms with E-state index in [1.54, 1.807) is 18.3 Å². The molecule has 2 heterocycles. The van der Waals surface area contributed by atoms with Crippen LogP contribution in [0, 0.1) is 11.3 Å². The van der Waals surface area contributed by atoms with Gasteiger partial charge in [-0.1, -0.05) is 6.92 Å². The molecule has 0 radical (unpaired) electrons. The molecule has 0 saturated carbocycles. The van der Waals surface area contributed by atoms with Crippen LogP contribution in [0.4, 0.5) is 5.82 Å². The third-order valence-electron chi connectivity index (χ3n) is 3.97. The van der Waals surface area contributed by atoms with Crippen molar-refractivity contribution < 1.29 is 0 Å². The third-order valence-corrected chi connectivity index (χ3v) is 3.97. The number of nitrogens with one attached hydrogen (secondary N) is 1. The van der Waals surface area contributed by atoms with Crippen molar-refractivity contribution in [3.05, 3.63) is 23.9 Å². The van der Waals surface area contributed by atoms with Gasteiger partial charge < -0.3 is 10.2 Å². The standard InChI is InChI=1S/C15H23N5/c1-3-19-7-9-20(10-8-19)13(2)12-18-15-14(11-16)5-4-6-17-15/h4-6,13H,3,7-10,12H2,1-2H3,(H,17,18)/t13-/m0/s1. The topological polar surface area (TPSA) is 55.2 Å². The Kier molecular flexibility index (Phi) is 5.33. The van der Waals surface area contributed by atoms with Gasteiger partial charge in [-0.05, 0) is 25.6 Å². The Balaban J connectivity index is 1.83. The summed E-state index contributed by atoms with van der Waals surface area (Å²) in [6, 6.07) is 6.19. The van der Waals surface area contributed by atoms with E-state index in [1.807, 2.05) is 0 Å². The lowest BCUT2D eigenvalue weighted by Gasteiger charge is -2.37. The summed E-state index contributed by atoms with van der Waals surface area (Å²) in [6.45, 7) is 10.9. The second-order valence-electron chi connectivity index (χ2n) is 5.21. The van der Waals surface area contributed by atoms with Crippen molar-refractivity contribution in [1.82, 2.24) is 14.8 Å². The van der Waals surface area contributed by atoms with Gasteiger partial charge >= 0.3 is 0 Å². The summed E-state index contributed by atoms with van der Waals surface area (Å²) in [5.74, 6) is 0.689. The van der Waals surface area contributed by atoms with Crippen molar-refractivity contribution in [1.29, 1.82) is 5.26 Å². The summed E-state index contributed by atoms with van der Waals surface area (Å²) in [4.78, 5) is 9.20. The fraction of sp³-hybridized carbons (Fsp3) is 0.600. The predicted octanol–water partition coefficient (Wildman–Crippen LogP) is 1.39. The highest BCUT2D eigenvalue weighted by molar-refractivity contribution is 5.51. The van der Waals surface area contributed by atoms with Crippen LogP contribution in [0.5, 0.6) is 0 Å². The molecule has 20 heavy (non-hydrogen) atoms. The average molecular weight is 273 g/mol. The van der Waals surface area contributed by atoms with E-state index in [0.717, 1.165) is 39.3 Å². The van der Waals surface area contributed by atoms with Gasteiger partial charge in [0.1, 0.15) is 11.9 Å². The lowest BCUT2D eigenvalue weighted by molar-refractivity contribution is 0.110. The van der Waals surface area contributed by atoms with Crippen molar-refractivity contribution >= 4 is 5.82 Å². The maximum atomic E-state index is 9.04. The molecule has 1 N–H and O–H groups in total. The first-order chi connectivity index (χ1) is 9.74. The highest BCUT2D eigenvalue weighted by Gasteiger charge is 2.20. The zero-order valence-corrected chi connectivity index (χ0v) is 12.3. The Bertz CT molecular complexity index is 460. The van der Waals surface area contributed by atoms with Gasteiger partial charge in [-0.2, -0.15) is 5.26 Å².